The quantitative estimate of drug-likeness (QED) is 0.307. The molecule has 196 valence electrons. The van der Waals surface area contributed by atoms with Crippen LogP contribution in [0, 0.1) is 5.92 Å². The lowest BCUT2D eigenvalue weighted by molar-refractivity contribution is -0.162. The normalized spacial score (nSPS) is 13.7. The fraction of sp³-hybridized carbons (Fsp3) is 0.269. The minimum atomic E-state index is -4.37. The van der Waals surface area contributed by atoms with Crippen LogP contribution in [0.1, 0.15) is 30.6 Å². The highest BCUT2D eigenvalue weighted by molar-refractivity contribution is 7.79. The smallest absolute Gasteiger partial charge is 0.391 e. The molecule has 36 heavy (non-hydrogen) atoms. The van der Waals surface area contributed by atoms with Gasteiger partial charge in [-0.2, -0.15) is 13.2 Å². The van der Waals surface area contributed by atoms with Gasteiger partial charge in [-0.1, -0.05) is 61.5 Å². The molecule has 0 aliphatic carbocycles. The first-order valence-electron chi connectivity index (χ1n) is 10.9. The summed E-state index contributed by atoms with van der Waals surface area (Å²) in [6, 6.07) is 26.2. The standard InChI is InChI=1S/C12H12O2P.C7H13F3O2.C7H6O2/c13-15(14,11-7-3-1-4-8-11)12-9-5-2-6-10-12;1-4(5(2)11)6(12)3-7(8,9)10;8-7(9)6-4-2-1-3-5-6/h1-10,13-14H;4-6,11-12H,3H2,1-2H3;1-5H,(H,8,9)/q+1;;. The molecule has 6 nitrogen and oxygen atoms in total. The van der Waals surface area contributed by atoms with Crippen LogP contribution in [0.3, 0.4) is 0 Å². The van der Waals surface area contributed by atoms with Gasteiger partial charge in [-0.15, -0.1) is 0 Å². The van der Waals surface area contributed by atoms with Crippen LogP contribution in [-0.2, 0) is 0 Å². The third-order valence-electron chi connectivity index (χ3n) is 5.06. The predicted octanol–water partition coefficient (Wildman–Crippen LogP) is 4.17. The summed E-state index contributed by atoms with van der Waals surface area (Å²) >= 11 is 0. The van der Waals surface area contributed by atoms with Crippen molar-refractivity contribution < 1.29 is 43.1 Å². The van der Waals surface area contributed by atoms with Crippen molar-refractivity contribution in [1.82, 2.24) is 0 Å². The van der Waals surface area contributed by atoms with Crippen molar-refractivity contribution in [2.75, 3.05) is 0 Å². The molecule has 0 aromatic heterocycles. The summed E-state index contributed by atoms with van der Waals surface area (Å²) in [5.41, 5.74) is 0.331. The summed E-state index contributed by atoms with van der Waals surface area (Å²) in [6.07, 6.45) is -8.09. The highest BCUT2D eigenvalue weighted by Crippen LogP contribution is 2.46. The Kier molecular flexibility index (Phi) is 12.7. The van der Waals surface area contributed by atoms with Crippen LogP contribution in [0.15, 0.2) is 91.0 Å². The van der Waals surface area contributed by atoms with Crippen molar-refractivity contribution in [1.29, 1.82) is 0 Å². The highest BCUT2D eigenvalue weighted by atomic mass is 31.2. The van der Waals surface area contributed by atoms with Gasteiger partial charge >= 0.3 is 19.9 Å². The first-order chi connectivity index (χ1) is 16.8. The van der Waals surface area contributed by atoms with Crippen LogP contribution < -0.4 is 10.6 Å². The van der Waals surface area contributed by atoms with E-state index in [0.717, 1.165) is 0 Å². The number of aliphatic hydroxyl groups is 2. The van der Waals surface area contributed by atoms with Gasteiger partial charge in [-0.05, 0) is 43.3 Å². The zero-order valence-corrected chi connectivity index (χ0v) is 20.7. The third kappa shape index (κ3) is 11.3. The SMILES string of the molecule is CC(O)C(C)C(O)CC(F)(F)F.O=C(O)c1ccccc1.O[P+](O)(c1ccccc1)c1ccccc1. The molecule has 10 heteroatoms. The van der Waals surface area contributed by atoms with Gasteiger partial charge in [0.1, 0.15) is 0 Å². The van der Waals surface area contributed by atoms with Gasteiger partial charge in [0.25, 0.3) is 0 Å². The molecular weight excluding hydrogens is 496 g/mol. The van der Waals surface area contributed by atoms with Crippen molar-refractivity contribution in [3.05, 3.63) is 96.6 Å². The van der Waals surface area contributed by atoms with Gasteiger partial charge in [-0.25, -0.2) is 14.6 Å². The number of hydrogen-bond donors (Lipinski definition) is 5. The second-order valence-corrected chi connectivity index (χ2v) is 10.2. The molecule has 0 aliphatic heterocycles. The Morgan fingerprint density at radius 3 is 1.42 bits per heavy atom. The number of carboxylic acid groups (broad SMARTS) is 1. The van der Waals surface area contributed by atoms with Gasteiger partial charge in [0, 0.05) is 5.92 Å². The molecule has 3 aromatic rings. The molecule has 0 aliphatic rings. The molecule has 0 amide bonds. The minimum absolute atomic E-state index is 0.331. The molecule has 0 fully saturated rings. The van der Waals surface area contributed by atoms with Gasteiger partial charge < -0.3 is 15.3 Å². The van der Waals surface area contributed by atoms with Crippen molar-refractivity contribution in [3.8, 4) is 0 Å². The maximum atomic E-state index is 11.7. The lowest BCUT2D eigenvalue weighted by atomic mass is 9.97. The number of carboxylic acids is 1. The molecule has 3 unspecified atom stereocenters. The Hall–Kier alpha value is -2.81. The zero-order chi connectivity index (χ0) is 27.4. The number of aliphatic hydroxyl groups excluding tert-OH is 2. The Bertz CT molecular complexity index is 975. The molecule has 0 radical (unpaired) electrons. The fourth-order valence-corrected chi connectivity index (χ4v) is 4.22. The second kappa shape index (κ2) is 14.7. The van der Waals surface area contributed by atoms with Crippen molar-refractivity contribution in [2.24, 2.45) is 5.92 Å². The molecular formula is C26H31F3O6P+. The van der Waals surface area contributed by atoms with E-state index in [9.17, 15) is 27.8 Å². The summed E-state index contributed by atoms with van der Waals surface area (Å²) in [5.74, 6) is -1.64. The van der Waals surface area contributed by atoms with Crippen molar-refractivity contribution in [3.63, 3.8) is 0 Å². The average Bonchev–Trinajstić information content (AvgIpc) is 2.85. The molecule has 0 spiro atoms. The van der Waals surface area contributed by atoms with Crippen molar-refractivity contribution in [2.45, 2.75) is 38.7 Å². The molecule has 3 rings (SSSR count). The number of benzene rings is 3. The lowest BCUT2D eigenvalue weighted by Gasteiger charge is -2.22. The van der Waals surface area contributed by atoms with E-state index in [1.165, 1.54) is 13.8 Å². The summed E-state index contributed by atoms with van der Waals surface area (Å²) in [6.45, 7) is 2.73. The Labute approximate surface area is 208 Å². The minimum Gasteiger partial charge on any atom is -0.478 e. The van der Waals surface area contributed by atoms with Gasteiger partial charge in [0.2, 0.25) is 0 Å². The number of rotatable bonds is 6. The number of halogens is 3. The molecule has 0 saturated carbocycles. The Morgan fingerprint density at radius 2 is 1.14 bits per heavy atom. The molecule has 5 N–H and O–H groups in total. The number of hydrogen-bond acceptors (Lipinski definition) is 5. The van der Waals surface area contributed by atoms with E-state index in [0.29, 0.717) is 16.2 Å². The van der Waals surface area contributed by atoms with E-state index >= 15 is 0 Å². The summed E-state index contributed by atoms with van der Waals surface area (Å²) in [5, 5.41) is 27.3. The van der Waals surface area contributed by atoms with Crippen LogP contribution in [0.2, 0.25) is 0 Å². The Balaban J connectivity index is 0.000000280. The topological polar surface area (TPSA) is 118 Å². The molecule has 0 heterocycles. The molecule has 0 bridgehead atoms. The maximum absolute atomic E-state index is 11.7. The van der Waals surface area contributed by atoms with Crippen molar-refractivity contribution >= 4 is 24.3 Å². The Morgan fingerprint density at radius 1 is 0.778 bits per heavy atom. The van der Waals surface area contributed by atoms with E-state index in [2.05, 4.69) is 0 Å². The zero-order valence-electron chi connectivity index (χ0n) is 19.8. The van der Waals surface area contributed by atoms with E-state index in [4.69, 9.17) is 15.3 Å². The third-order valence-corrected chi connectivity index (χ3v) is 7.10. The van der Waals surface area contributed by atoms with Gasteiger partial charge in [0.05, 0.1) is 24.2 Å². The number of alkyl halides is 3. The van der Waals surface area contributed by atoms with E-state index < -0.39 is 44.4 Å². The largest absolute Gasteiger partial charge is 0.478 e. The van der Waals surface area contributed by atoms with Crippen LogP contribution in [-0.4, -0.2) is 49.5 Å². The summed E-state index contributed by atoms with van der Waals surface area (Å²) in [7, 11) is -3.15. The van der Waals surface area contributed by atoms with Gasteiger partial charge in [-0.3, -0.25) is 0 Å². The fourth-order valence-electron chi connectivity index (χ4n) is 2.75. The van der Waals surface area contributed by atoms with E-state index in [1.807, 2.05) is 12.1 Å². The maximum Gasteiger partial charge on any atom is 0.391 e. The summed E-state index contributed by atoms with van der Waals surface area (Å²) < 4.78 is 35.1. The van der Waals surface area contributed by atoms with E-state index in [1.54, 1.807) is 78.9 Å². The first kappa shape index (κ1) is 31.2. The average molecular weight is 527 g/mol. The number of aromatic carboxylic acids is 1. The monoisotopic (exact) mass is 527 g/mol. The predicted molar refractivity (Wildman–Crippen MR) is 134 cm³/mol. The van der Waals surface area contributed by atoms with Gasteiger partial charge in [0.15, 0.2) is 10.6 Å². The highest BCUT2D eigenvalue weighted by Gasteiger charge is 2.39. The van der Waals surface area contributed by atoms with Crippen LogP contribution in [0.5, 0.6) is 0 Å². The molecule has 3 aromatic carbocycles. The summed E-state index contributed by atoms with van der Waals surface area (Å²) in [4.78, 5) is 30.4. The number of carbonyl (C=O) groups is 1. The molecule has 3 atom stereocenters. The van der Waals surface area contributed by atoms with Crippen LogP contribution >= 0.6 is 7.72 Å². The second-order valence-electron chi connectivity index (χ2n) is 7.93. The van der Waals surface area contributed by atoms with Crippen LogP contribution in [0.25, 0.3) is 0 Å². The molecule has 0 saturated heterocycles. The first-order valence-corrected chi connectivity index (χ1v) is 12.6. The lowest BCUT2D eigenvalue weighted by Crippen LogP contribution is -2.31. The van der Waals surface area contributed by atoms with Crippen LogP contribution in [0.4, 0.5) is 13.2 Å². The van der Waals surface area contributed by atoms with E-state index in [-0.39, 0.29) is 0 Å².